The van der Waals surface area contributed by atoms with Crippen LogP contribution in [0, 0.1) is 13.8 Å². The summed E-state index contributed by atoms with van der Waals surface area (Å²) in [5.74, 6) is 2.20. The summed E-state index contributed by atoms with van der Waals surface area (Å²) in [6, 6.07) is 12.3. The Balaban J connectivity index is 1.26. The average Bonchev–Trinajstić information content (AvgIpc) is 3.47. The summed E-state index contributed by atoms with van der Waals surface area (Å²) in [6.45, 7) is 11.8. The molecule has 2 aliphatic rings. The largest absolute Gasteiger partial charge is 0.492 e. The van der Waals surface area contributed by atoms with E-state index in [1.54, 1.807) is 11.1 Å². The van der Waals surface area contributed by atoms with Crippen LogP contribution in [0.1, 0.15) is 29.5 Å². The van der Waals surface area contributed by atoms with Gasteiger partial charge in [0, 0.05) is 49.9 Å². The van der Waals surface area contributed by atoms with Crippen LogP contribution in [0.15, 0.2) is 47.0 Å². The first-order valence-electron chi connectivity index (χ1n) is 12.6. The molecule has 1 aromatic heterocycles. The van der Waals surface area contributed by atoms with Crippen LogP contribution >= 0.6 is 0 Å². The van der Waals surface area contributed by atoms with Gasteiger partial charge in [0.15, 0.2) is 11.7 Å². The second kappa shape index (κ2) is 10.7. The normalized spacial score (nSPS) is 18.5. The van der Waals surface area contributed by atoms with E-state index in [0.29, 0.717) is 31.2 Å². The third-order valence-electron chi connectivity index (χ3n) is 6.73. The molecule has 3 aromatic rings. The Bertz CT molecular complexity index is 1220. The highest BCUT2D eigenvalue weighted by molar-refractivity contribution is 5.95. The molecule has 1 atom stereocenters. The molecule has 0 saturated carbocycles. The van der Waals surface area contributed by atoms with Gasteiger partial charge in [-0.3, -0.25) is 9.80 Å². The standard InChI is InChI=1S/C28H34N4O4/c1-19-12-23(14-24(13-19)32-18-21(3)30-28(32)33)26-17-29-27(36-26)16-22-15-25(5-4-20(22)2)35-11-8-31-6-9-34-10-7-31/h4-5,12-15,17,21H,6-11,16,18H2,1-3H3,(H,30,33). The molecule has 0 aliphatic carbocycles. The molecule has 2 aliphatic heterocycles. The van der Waals surface area contributed by atoms with E-state index in [0.717, 1.165) is 61.0 Å². The Morgan fingerprint density at radius 1 is 1.14 bits per heavy atom. The predicted molar refractivity (Wildman–Crippen MR) is 139 cm³/mol. The fourth-order valence-corrected chi connectivity index (χ4v) is 4.71. The molecule has 5 rings (SSSR count). The van der Waals surface area contributed by atoms with Crippen LogP contribution in [0.3, 0.4) is 0 Å². The lowest BCUT2D eigenvalue weighted by Crippen LogP contribution is -2.38. The van der Waals surface area contributed by atoms with Crippen LogP contribution in [-0.2, 0) is 11.2 Å². The molecule has 2 aromatic carbocycles. The van der Waals surface area contributed by atoms with E-state index < -0.39 is 0 Å². The van der Waals surface area contributed by atoms with Crippen molar-refractivity contribution in [3.05, 3.63) is 65.2 Å². The highest BCUT2D eigenvalue weighted by Gasteiger charge is 2.27. The first-order valence-corrected chi connectivity index (χ1v) is 12.6. The molecule has 1 N–H and O–H groups in total. The average molecular weight is 491 g/mol. The van der Waals surface area contributed by atoms with Crippen molar-refractivity contribution in [3.8, 4) is 17.1 Å². The number of nitrogens with zero attached hydrogens (tertiary/aromatic N) is 3. The van der Waals surface area contributed by atoms with Gasteiger partial charge in [0.1, 0.15) is 12.4 Å². The van der Waals surface area contributed by atoms with E-state index in [9.17, 15) is 4.79 Å². The highest BCUT2D eigenvalue weighted by atomic mass is 16.5. The molecule has 0 radical (unpaired) electrons. The summed E-state index contributed by atoms with van der Waals surface area (Å²) in [5.41, 5.74) is 5.13. The molecular weight excluding hydrogens is 456 g/mol. The lowest BCUT2D eigenvalue weighted by Gasteiger charge is -2.26. The summed E-state index contributed by atoms with van der Waals surface area (Å²) in [4.78, 5) is 21.0. The minimum absolute atomic E-state index is 0.0696. The number of morpholine rings is 1. The van der Waals surface area contributed by atoms with Crippen molar-refractivity contribution in [2.45, 2.75) is 33.2 Å². The maximum atomic E-state index is 12.3. The lowest BCUT2D eigenvalue weighted by atomic mass is 10.1. The second-order valence-electron chi connectivity index (χ2n) is 9.70. The second-order valence-corrected chi connectivity index (χ2v) is 9.70. The van der Waals surface area contributed by atoms with Gasteiger partial charge in [-0.2, -0.15) is 0 Å². The third kappa shape index (κ3) is 5.71. The topological polar surface area (TPSA) is 80.1 Å². The number of nitrogens with one attached hydrogen (secondary N) is 1. The predicted octanol–water partition coefficient (Wildman–Crippen LogP) is 4.18. The Kier molecular flexibility index (Phi) is 7.25. The fraction of sp³-hybridized carbons (Fsp3) is 0.429. The molecule has 3 heterocycles. The van der Waals surface area contributed by atoms with Crippen LogP contribution in [0.5, 0.6) is 5.75 Å². The van der Waals surface area contributed by atoms with Gasteiger partial charge in [0.05, 0.1) is 19.4 Å². The molecule has 8 nitrogen and oxygen atoms in total. The first kappa shape index (κ1) is 24.3. The zero-order valence-electron chi connectivity index (χ0n) is 21.3. The number of anilines is 1. The summed E-state index contributed by atoms with van der Waals surface area (Å²) >= 11 is 0. The first-order chi connectivity index (χ1) is 17.4. The molecule has 0 spiro atoms. The minimum atomic E-state index is -0.0696. The van der Waals surface area contributed by atoms with Crippen molar-refractivity contribution in [1.29, 1.82) is 0 Å². The number of rotatable bonds is 8. The fourth-order valence-electron chi connectivity index (χ4n) is 4.71. The van der Waals surface area contributed by atoms with E-state index in [4.69, 9.17) is 13.9 Å². The Hall–Kier alpha value is -3.36. The van der Waals surface area contributed by atoms with E-state index >= 15 is 0 Å². The summed E-state index contributed by atoms with van der Waals surface area (Å²) in [5, 5.41) is 2.95. The number of ether oxygens (including phenoxy) is 2. The Labute approximate surface area is 212 Å². The van der Waals surface area contributed by atoms with Gasteiger partial charge in [0.25, 0.3) is 0 Å². The van der Waals surface area contributed by atoms with Gasteiger partial charge < -0.3 is 19.2 Å². The zero-order chi connectivity index (χ0) is 25.1. The van der Waals surface area contributed by atoms with Gasteiger partial charge in [0.2, 0.25) is 0 Å². The summed E-state index contributed by atoms with van der Waals surface area (Å²) in [6.07, 6.45) is 2.34. The Morgan fingerprint density at radius 3 is 2.75 bits per heavy atom. The number of urea groups is 1. The molecule has 1 unspecified atom stereocenters. The summed E-state index contributed by atoms with van der Waals surface area (Å²) < 4.78 is 17.6. The van der Waals surface area contributed by atoms with Crippen LogP contribution in [-0.4, -0.2) is 68.0 Å². The number of aromatic nitrogens is 1. The van der Waals surface area contributed by atoms with Gasteiger partial charge in [-0.05, 0) is 67.8 Å². The van der Waals surface area contributed by atoms with Gasteiger partial charge >= 0.3 is 6.03 Å². The highest BCUT2D eigenvalue weighted by Crippen LogP contribution is 2.30. The minimum Gasteiger partial charge on any atom is -0.492 e. The van der Waals surface area contributed by atoms with Crippen molar-refractivity contribution in [3.63, 3.8) is 0 Å². The monoisotopic (exact) mass is 490 g/mol. The molecule has 8 heteroatoms. The van der Waals surface area contributed by atoms with Crippen molar-refractivity contribution < 1.29 is 18.7 Å². The van der Waals surface area contributed by atoms with Crippen molar-refractivity contribution in [2.75, 3.05) is 50.9 Å². The number of carbonyl (C=O) groups excluding carboxylic acids is 1. The molecule has 2 fully saturated rings. The van der Waals surface area contributed by atoms with Crippen LogP contribution in [0.4, 0.5) is 10.5 Å². The quantitative estimate of drug-likeness (QED) is 0.510. The SMILES string of the molecule is Cc1cc(-c2cnc(Cc3cc(OCCN4CCOCC4)ccc3C)o2)cc(N2CC(C)NC2=O)c1. The van der Waals surface area contributed by atoms with Gasteiger partial charge in [-0.25, -0.2) is 9.78 Å². The van der Waals surface area contributed by atoms with E-state index in [1.807, 2.05) is 32.0 Å². The molecule has 2 saturated heterocycles. The Morgan fingerprint density at radius 2 is 1.97 bits per heavy atom. The molecule has 36 heavy (non-hydrogen) atoms. The van der Waals surface area contributed by atoms with E-state index in [2.05, 4.69) is 40.3 Å². The van der Waals surface area contributed by atoms with Crippen molar-refractivity contribution in [1.82, 2.24) is 15.2 Å². The zero-order valence-corrected chi connectivity index (χ0v) is 21.3. The number of oxazole rings is 1. The maximum absolute atomic E-state index is 12.3. The third-order valence-corrected chi connectivity index (χ3v) is 6.73. The summed E-state index contributed by atoms with van der Waals surface area (Å²) in [7, 11) is 0. The number of aryl methyl sites for hydroxylation is 2. The molecule has 190 valence electrons. The lowest BCUT2D eigenvalue weighted by molar-refractivity contribution is 0.0322. The number of amides is 2. The van der Waals surface area contributed by atoms with E-state index in [-0.39, 0.29) is 12.1 Å². The number of carbonyl (C=O) groups is 1. The number of benzene rings is 2. The van der Waals surface area contributed by atoms with Gasteiger partial charge in [-0.1, -0.05) is 6.07 Å². The number of hydrogen-bond donors (Lipinski definition) is 1. The molecule has 2 amide bonds. The van der Waals surface area contributed by atoms with E-state index in [1.165, 1.54) is 5.56 Å². The van der Waals surface area contributed by atoms with Crippen LogP contribution in [0.2, 0.25) is 0 Å². The van der Waals surface area contributed by atoms with Crippen molar-refractivity contribution in [2.24, 2.45) is 0 Å². The molecular formula is C28H34N4O4. The maximum Gasteiger partial charge on any atom is 0.322 e. The smallest absolute Gasteiger partial charge is 0.322 e. The number of hydrogen-bond acceptors (Lipinski definition) is 6. The van der Waals surface area contributed by atoms with Crippen LogP contribution < -0.4 is 15.0 Å². The van der Waals surface area contributed by atoms with Crippen molar-refractivity contribution >= 4 is 11.7 Å². The molecule has 0 bridgehead atoms. The van der Waals surface area contributed by atoms with Crippen LogP contribution in [0.25, 0.3) is 11.3 Å². The van der Waals surface area contributed by atoms with Gasteiger partial charge in [-0.15, -0.1) is 0 Å².